The number of halogens is 2. The maximum atomic E-state index is 14.1. The first-order chi connectivity index (χ1) is 16.1. The van der Waals surface area contributed by atoms with Gasteiger partial charge in [0.05, 0.1) is 17.1 Å². The zero-order chi connectivity index (χ0) is 22.8. The van der Waals surface area contributed by atoms with Crippen molar-refractivity contribution in [1.82, 2.24) is 14.9 Å². The predicted molar refractivity (Wildman–Crippen MR) is 128 cm³/mol. The second-order valence-corrected chi connectivity index (χ2v) is 9.58. The molecule has 2 aromatic carbocycles. The molecule has 1 aliphatic carbocycles. The molecule has 0 radical (unpaired) electrons. The second-order valence-electron chi connectivity index (χ2n) is 9.14. The van der Waals surface area contributed by atoms with Crippen molar-refractivity contribution in [3.05, 3.63) is 53.3 Å². The smallest absolute Gasteiger partial charge is 0.246 e. The highest BCUT2D eigenvalue weighted by atomic mass is 35.5. The van der Waals surface area contributed by atoms with Gasteiger partial charge in [-0.05, 0) is 68.5 Å². The molecular formula is C26H29ClFN3O2. The van der Waals surface area contributed by atoms with Crippen LogP contribution in [0.25, 0.3) is 22.4 Å². The van der Waals surface area contributed by atoms with Crippen molar-refractivity contribution in [1.29, 1.82) is 0 Å². The number of carbonyl (C=O) groups is 1. The van der Waals surface area contributed by atoms with Gasteiger partial charge >= 0.3 is 0 Å². The lowest BCUT2D eigenvalue weighted by Crippen LogP contribution is -2.46. The predicted octanol–water partition coefficient (Wildman–Crippen LogP) is 6.05. The highest BCUT2D eigenvalue weighted by Gasteiger charge is 2.36. The molecule has 2 heterocycles. The summed E-state index contributed by atoms with van der Waals surface area (Å²) in [7, 11) is 0. The van der Waals surface area contributed by atoms with Crippen LogP contribution in [0.2, 0.25) is 5.02 Å². The molecule has 2 fully saturated rings. The highest BCUT2D eigenvalue weighted by Crippen LogP contribution is 2.34. The van der Waals surface area contributed by atoms with Crippen LogP contribution in [-0.2, 0) is 9.53 Å². The first-order valence-corrected chi connectivity index (χ1v) is 12.3. The van der Waals surface area contributed by atoms with Crippen molar-refractivity contribution in [3.8, 4) is 11.4 Å². The van der Waals surface area contributed by atoms with Crippen LogP contribution in [0.15, 0.2) is 42.5 Å². The Morgan fingerprint density at radius 1 is 1.06 bits per heavy atom. The van der Waals surface area contributed by atoms with E-state index in [4.69, 9.17) is 21.3 Å². The molecule has 1 saturated carbocycles. The third-order valence-electron chi connectivity index (χ3n) is 6.82. The number of nitrogens with zero attached hydrogens (tertiary/aromatic N) is 2. The summed E-state index contributed by atoms with van der Waals surface area (Å²) >= 11 is 6.12. The van der Waals surface area contributed by atoms with Crippen LogP contribution in [0.5, 0.6) is 0 Å². The number of ether oxygens (including phenoxy) is 1. The Morgan fingerprint density at radius 3 is 2.55 bits per heavy atom. The van der Waals surface area contributed by atoms with Crippen LogP contribution < -0.4 is 5.32 Å². The minimum atomic E-state index is -0.589. The van der Waals surface area contributed by atoms with Crippen molar-refractivity contribution >= 4 is 28.5 Å². The molecule has 2 aliphatic rings. The van der Waals surface area contributed by atoms with Crippen molar-refractivity contribution in [2.45, 2.75) is 69.6 Å². The molecule has 0 spiro atoms. The Kier molecular flexibility index (Phi) is 6.65. The zero-order valence-corrected chi connectivity index (χ0v) is 19.4. The molecule has 2 atom stereocenters. The molecule has 33 heavy (non-hydrogen) atoms. The van der Waals surface area contributed by atoms with Gasteiger partial charge in [-0.2, -0.15) is 0 Å². The van der Waals surface area contributed by atoms with Crippen LogP contribution in [0.4, 0.5) is 4.39 Å². The Labute approximate surface area is 198 Å². The SMILES string of the molecule is O=C(NC1CCCCC1)C(C1CCCCO1)n1c(-c2ccc(Cl)cc2)nc2cc(F)ccc21. The van der Waals surface area contributed by atoms with E-state index in [1.165, 1.54) is 18.6 Å². The van der Waals surface area contributed by atoms with Gasteiger partial charge in [0.2, 0.25) is 5.91 Å². The van der Waals surface area contributed by atoms with Crippen LogP contribution >= 0.6 is 11.6 Å². The van der Waals surface area contributed by atoms with E-state index in [1.54, 1.807) is 18.2 Å². The molecule has 1 aliphatic heterocycles. The Morgan fingerprint density at radius 2 is 1.82 bits per heavy atom. The summed E-state index contributed by atoms with van der Waals surface area (Å²) in [6, 6.07) is 11.5. The van der Waals surface area contributed by atoms with Gasteiger partial charge in [0.25, 0.3) is 0 Å². The first-order valence-electron chi connectivity index (χ1n) is 12.0. The number of rotatable bonds is 5. The van der Waals surface area contributed by atoms with E-state index in [0.717, 1.165) is 56.0 Å². The first kappa shape index (κ1) is 22.4. The second kappa shape index (κ2) is 9.82. The third kappa shape index (κ3) is 4.78. The average Bonchev–Trinajstić information content (AvgIpc) is 3.19. The molecule has 1 saturated heterocycles. The zero-order valence-electron chi connectivity index (χ0n) is 18.6. The lowest BCUT2D eigenvalue weighted by Gasteiger charge is -2.33. The summed E-state index contributed by atoms with van der Waals surface area (Å²) in [5.41, 5.74) is 2.06. The average molecular weight is 470 g/mol. The molecule has 1 N–H and O–H groups in total. The number of hydrogen-bond donors (Lipinski definition) is 1. The fourth-order valence-electron chi connectivity index (χ4n) is 5.16. The number of aromatic nitrogens is 2. The summed E-state index contributed by atoms with van der Waals surface area (Å²) in [5.74, 6) is 0.213. The number of nitrogens with one attached hydrogen (secondary N) is 1. The van der Waals surface area contributed by atoms with E-state index < -0.39 is 6.04 Å². The standard InChI is InChI=1S/C26H29ClFN3O2/c27-18-11-9-17(10-12-18)25-30-21-16-19(28)13-14-22(21)31(25)24(23-8-4-5-15-33-23)26(32)29-20-6-2-1-3-7-20/h9-14,16,20,23-24H,1-8,15H2,(H,29,32). The van der Waals surface area contributed by atoms with Crippen molar-refractivity contribution in [2.75, 3.05) is 6.61 Å². The van der Waals surface area contributed by atoms with E-state index in [0.29, 0.717) is 23.0 Å². The molecule has 0 bridgehead atoms. The minimum Gasteiger partial charge on any atom is -0.376 e. The van der Waals surface area contributed by atoms with Crippen molar-refractivity contribution in [3.63, 3.8) is 0 Å². The Hall–Kier alpha value is -2.44. The van der Waals surface area contributed by atoms with E-state index >= 15 is 0 Å². The molecule has 5 nitrogen and oxygen atoms in total. The normalized spacial score (nSPS) is 20.6. The fraction of sp³-hybridized carbons (Fsp3) is 0.462. The molecule has 1 amide bonds. The summed E-state index contributed by atoms with van der Waals surface area (Å²) < 4.78 is 22.2. The number of benzene rings is 2. The van der Waals surface area contributed by atoms with Gasteiger partial charge in [0, 0.05) is 29.3 Å². The van der Waals surface area contributed by atoms with E-state index in [-0.39, 0.29) is 23.9 Å². The van der Waals surface area contributed by atoms with Gasteiger partial charge in [-0.1, -0.05) is 30.9 Å². The molecule has 5 rings (SSSR count). The quantitative estimate of drug-likeness (QED) is 0.494. The van der Waals surface area contributed by atoms with Gasteiger partial charge in [0.1, 0.15) is 17.7 Å². The van der Waals surface area contributed by atoms with Gasteiger partial charge in [-0.25, -0.2) is 9.37 Å². The van der Waals surface area contributed by atoms with E-state index in [2.05, 4.69) is 5.32 Å². The number of amides is 1. The van der Waals surface area contributed by atoms with Crippen LogP contribution in [0.1, 0.15) is 57.4 Å². The molecule has 7 heteroatoms. The van der Waals surface area contributed by atoms with E-state index in [9.17, 15) is 9.18 Å². The Bertz CT molecular complexity index is 1120. The lowest BCUT2D eigenvalue weighted by atomic mass is 9.94. The summed E-state index contributed by atoms with van der Waals surface area (Å²) in [5, 5.41) is 3.93. The molecule has 174 valence electrons. The maximum absolute atomic E-state index is 14.1. The van der Waals surface area contributed by atoms with Gasteiger partial charge in [-0.3, -0.25) is 4.79 Å². The molecule has 1 aromatic heterocycles. The number of fused-ring (bicyclic) bond motifs is 1. The van der Waals surface area contributed by atoms with Crippen LogP contribution in [0, 0.1) is 5.82 Å². The third-order valence-corrected chi connectivity index (χ3v) is 7.07. The van der Waals surface area contributed by atoms with Crippen molar-refractivity contribution < 1.29 is 13.9 Å². The topological polar surface area (TPSA) is 56.1 Å². The fourth-order valence-corrected chi connectivity index (χ4v) is 5.28. The van der Waals surface area contributed by atoms with Crippen LogP contribution in [0.3, 0.4) is 0 Å². The highest BCUT2D eigenvalue weighted by molar-refractivity contribution is 6.30. The summed E-state index contributed by atoms with van der Waals surface area (Å²) in [6.45, 7) is 0.634. The molecular weight excluding hydrogens is 441 g/mol. The maximum Gasteiger partial charge on any atom is 0.246 e. The Balaban J connectivity index is 1.62. The van der Waals surface area contributed by atoms with Gasteiger partial charge in [0.15, 0.2) is 0 Å². The van der Waals surface area contributed by atoms with Gasteiger partial charge in [-0.15, -0.1) is 0 Å². The number of hydrogen-bond acceptors (Lipinski definition) is 3. The summed E-state index contributed by atoms with van der Waals surface area (Å²) in [4.78, 5) is 18.6. The lowest BCUT2D eigenvalue weighted by molar-refractivity contribution is -0.131. The monoisotopic (exact) mass is 469 g/mol. The van der Waals surface area contributed by atoms with Crippen molar-refractivity contribution in [2.24, 2.45) is 0 Å². The summed E-state index contributed by atoms with van der Waals surface area (Å²) in [6.07, 6.45) is 8.04. The number of carbonyl (C=O) groups excluding carboxylic acids is 1. The minimum absolute atomic E-state index is 0.0485. The molecule has 3 aromatic rings. The van der Waals surface area contributed by atoms with Crippen LogP contribution in [-0.4, -0.2) is 34.2 Å². The van der Waals surface area contributed by atoms with Gasteiger partial charge < -0.3 is 14.6 Å². The molecule has 2 unspecified atom stereocenters. The number of imidazole rings is 1. The van der Waals surface area contributed by atoms with E-state index in [1.807, 2.05) is 16.7 Å². The largest absolute Gasteiger partial charge is 0.376 e.